The van der Waals surface area contributed by atoms with Crippen LogP contribution in [0.2, 0.25) is 0 Å². The maximum atomic E-state index is 11.9. The van der Waals surface area contributed by atoms with Crippen molar-refractivity contribution in [2.75, 3.05) is 7.11 Å². The molecule has 0 saturated carbocycles. The van der Waals surface area contributed by atoms with E-state index in [4.69, 9.17) is 4.74 Å². The lowest BCUT2D eigenvalue weighted by Gasteiger charge is -2.17. The van der Waals surface area contributed by atoms with Crippen LogP contribution in [0.5, 0.6) is 5.75 Å². The monoisotopic (exact) mass is 274 g/mol. The second kappa shape index (κ2) is 6.75. The Morgan fingerprint density at radius 3 is 2.50 bits per heavy atom. The zero-order chi connectivity index (χ0) is 14.4. The van der Waals surface area contributed by atoms with Gasteiger partial charge in [-0.05, 0) is 43.5 Å². The van der Waals surface area contributed by atoms with Crippen LogP contribution in [-0.4, -0.2) is 18.9 Å². The van der Waals surface area contributed by atoms with Crippen LogP contribution >= 0.6 is 0 Å². The summed E-state index contributed by atoms with van der Waals surface area (Å²) in [5.74, 6) is 0.138. The van der Waals surface area contributed by atoms with Gasteiger partial charge in [0.15, 0.2) is 0 Å². The molecule has 2 rings (SSSR count). The van der Waals surface area contributed by atoms with Crippen LogP contribution in [0.4, 0.5) is 0 Å². The Morgan fingerprint density at radius 2 is 1.90 bits per heavy atom. The average molecular weight is 274 g/mol. The van der Waals surface area contributed by atoms with Gasteiger partial charge in [0.05, 0.1) is 7.11 Å². The molecule has 0 heterocycles. The summed E-state index contributed by atoms with van der Waals surface area (Å²) in [6.07, 6.45) is 6.52. The minimum absolute atomic E-state index is 0.0591. The van der Waals surface area contributed by atoms with Crippen molar-refractivity contribution in [3.63, 3.8) is 0 Å². The third-order valence-corrected chi connectivity index (χ3v) is 3.29. The fourth-order valence-electron chi connectivity index (χ4n) is 2.07. The standard InChI is InChI=1S/C15H18N2O3/c1-20-13-9-7-12(8-10-13)15(19)17-16-14(18)11-5-3-2-4-6-11/h2-3,7-11H,4-6H2,1H3,(H,16,18)(H,17,19)/t11-/m1/s1. The quantitative estimate of drug-likeness (QED) is 0.652. The summed E-state index contributed by atoms with van der Waals surface area (Å²) >= 11 is 0. The van der Waals surface area contributed by atoms with Gasteiger partial charge in [-0.3, -0.25) is 20.4 Å². The lowest BCUT2D eigenvalue weighted by atomic mass is 9.94. The maximum Gasteiger partial charge on any atom is 0.269 e. The van der Waals surface area contributed by atoms with Gasteiger partial charge in [-0.15, -0.1) is 0 Å². The van der Waals surface area contributed by atoms with Gasteiger partial charge >= 0.3 is 0 Å². The van der Waals surface area contributed by atoms with Crippen molar-refractivity contribution in [2.45, 2.75) is 19.3 Å². The van der Waals surface area contributed by atoms with Crippen molar-refractivity contribution in [1.82, 2.24) is 10.9 Å². The van der Waals surface area contributed by atoms with Gasteiger partial charge in [-0.25, -0.2) is 0 Å². The lowest BCUT2D eigenvalue weighted by molar-refractivity contribution is -0.126. The third-order valence-electron chi connectivity index (χ3n) is 3.29. The summed E-state index contributed by atoms with van der Waals surface area (Å²) in [7, 11) is 1.56. The van der Waals surface area contributed by atoms with Crippen LogP contribution in [0.1, 0.15) is 29.6 Å². The van der Waals surface area contributed by atoms with Crippen molar-refractivity contribution in [3.8, 4) is 5.75 Å². The molecule has 1 atom stereocenters. The fourth-order valence-corrected chi connectivity index (χ4v) is 2.07. The van der Waals surface area contributed by atoms with Gasteiger partial charge in [0.2, 0.25) is 5.91 Å². The Morgan fingerprint density at radius 1 is 1.15 bits per heavy atom. The first kappa shape index (κ1) is 14.1. The van der Waals surface area contributed by atoms with E-state index in [0.29, 0.717) is 11.3 Å². The van der Waals surface area contributed by atoms with Gasteiger partial charge in [0.25, 0.3) is 5.91 Å². The second-order valence-electron chi connectivity index (χ2n) is 4.65. The highest BCUT2D eigenvalue weighted by Gasteiger charge is 2.19. The predicted octanol–water partition coefficient (Wildman–Crippen LogP) is 1.81. The molecule has 20 heavy (non-hydrogen) atoms. The number of carbonyl (C=O) groups is 2. The molecule has 106 valence electrons. The predicted molar refractivity (Wildman–Crippen MR) is 75.1 cm³/mol. The smallest absolute Gasteiger partial charge is 0.269 e. The van der Waals surface area contributed by atoms with Crippen molar-refractivity contribution in [3.05, 3.63) is 42.0 Å². The van der Waals surface area contributed by atoms with E-state index in [1.54, 1.807) is 31.4 Å². The molecule has 2 amide bonds. The molecule has 0 aromatic heterocycles. The molecule has 1 aromatic rings. The second-order valence-corrected chi connectivity index (χ2v) is 4.65. The summed E-state index contributed by atoms with van der Waals surface area (Å²) in [6, 6.07) is 6.68. The normalized spacial score (nSPS) is 17.4. The van der Waals surface area contributed by atoms with E-state index in [2.05, 4.69) is 16.9 Å². The maximum absolute atomic E-state index is 11.9. The minimum Gasteiger partial charge on any atom is -0.497 e. The Labute approximate surface area is 118 Å². The van der Waals surface area contributed by atoms with Gasteiger partial charge < -0.3 is 4.74 Å². The lowest BCUT2D eigenvalue weighted by Crippen LogP contribution is -2.44. The first-order valence-corrected chi connectivity index (χ1v) is 6.60. The number of hydrogen-bond donors (Lipinski definition) is 2. The minimum atomic E-state index is -0.340. The van der Waals surface area contributed by atoms with Crippen LogP contribution in [0.25, 0.3) is 0 Å². The van der Waals surface area contributed by atoms with Crippen LogP contribution in [-0.2, 0) is 4.79 Å². The molecule has 0 saturated heterocycles. The van der Waals surface area contributed by atoms with E-state index in [1.807, 2.05) is 6.08 Å². The highest BCUT2D eigenvalue weighted by atomic mass is 16.5. The van der Waals surface area contributed by atoms with E-state index >= 15 is 0 Å². The molecule has 1 aliphatic carbocycles. The number of ether oxygens (including phenoxy) is 1. The van der Waals surface area contributed by atoms with Gasteiger partial charge in [0.1, 0.15) is 5.75 Å². The highest BCUT2D eigenvalue weighted by Crippen LogP contribution is 2.17. The first-order chi connectivity index (χ1) is 9.70. The number of amides is 2. The summed E-state index contributed by atoms with van der Waals surface area (Å²) in [5, 5.41) is 0. The summed E-state index contributed by atoms with van der Waals surface area (Å²) < 4.78 is 5.02. The van der Waals surface area contributed by atoms with Crippen LogP contribution in [0.3, 0.4) is 0 Å². The number of allylic oxidation sites excluding steroid dienone is 2. The van der Waals surface area contributed by atoms with Crippen LogP contribution in [0.15, 0.2) is 36.4 Å². The third kappa shape index (κ3) is 3.60. The molecule has 0 spiro atoms. The van der Waals surface area contributed by atoms with Crippen molar-refractivity contribution in [1.29, 1.82) is 0 Å². The zero-order valence-corrected chi connectivity index (χ0v) is 11.4. The molecule has 0 fully saturated rings. The largest absolute Gasteiger partial charge is 0.497 e. The molecule has 5 nitrogen and oxygen atoms in total. The Balaban J connectivity index is 1.84. The first-order valence-electron chi connectivity index (χ1n) is 6.60. The van der Waals surface area contributed by atoms with Gasteiger partial charge in [0, 0.05) is 11.5 Å². The van der Waals surface area contributed by atoms with Crippen LogP contribution < -0.4 is 15.6 Å². The molecular formula is C15H18N2O3. The van der Waals surface area contributed by atoms with E-state index in [0.717, 1.165) is 19.3 Å². The number of rotatable bonds is 3. The molecule has 0 bridgehead atoms. The number of carbonyl (C=O) groups excluding carboxylic acids is 2. The zero-order valence-electron chi connectivity index (χ0n) is 11.4. The van der Waals surface area contributed by atoms with Crippen LogP contribution in [0, 0.1) is 5.92 Å². The van der Waals surface area contributed by atoms with E-state index in [9.17, 15) is 9.59 Å². The van der Waals surface area contributed by atoms with E-state index in [-0.39, 0.29) is 17.7 Å². The summed E-state index contributed by atoms with van der Waals surface area (Å²) in [5.41, 5.74) is 5.37. The van der Waals surface area contributed by atoms with Crippen molar-refractivity contribution in [2.24, 2.45) is 5.92 Å². The highest BCUT2D eigenvalue weighted by molar-refractivity contribution is 5.95. The number of nitrogens with one attached hydrogen (secondary N) is 2. The number of methoxy groups -OCH3 is 1. The number of benzene rings is 1. The topological polar surface area (TPSA) is 67.4 Å². The Kier molecular flexibility index (Phi) is 4.76. The molecule has 1 aliphatic rings. The van der Waals surface area contributed by atoms with Crippen molar-refractivity contribution < 1.29 is 14.3 Å². The van der Waals surface area contributed by atoms with E-state index < -0.39 is 0 Å². The van der Waals surface area contributed by atoms with Gasteiger partial charge in [-0.1, -0.05) is 12.2 Å². The molecule has 0 unspecified atom stereocenters. The van der Waals surface area contributed by atoms with Gasteiger partial charge in [-0.2, -0.15) is 0 Å². The summed E-state index contributed by atoms with van der Waals surface area (Å²) in [4.78, 5) is 23.7. The summed E-state index contributed by atoms with van der Waals surface area (Å²) in [6.45, 7) is 0. The Hall–Kier alpha value is -2.30. The fraction of sp³-hybridized carbons (Fsp3) is 0.333. The molecular weight excluding hydrogens is 256 g/mol. The SMILES string of the molecule is COc1ccc(C(=O)NNC(=O)[C@@H]2CC=CCC2)cc1. The Bertz CT molecular complexity index is 508. The molecule has 0 aliphatic heterocycles. The van der Waals surface area contributed by atoms with E-state index in [1.165, 1.54) is 0 Å². The molecule has 2 N–H and O–H groups in total. The number of hydrazine groups is 1. The molecule has 5 heteroatoms. The molecule has 1 aromatic carbocycles. The average Bonchev–Trinajstić information content (AvgIpc) is 2.53. The number of hydrogen-bond acceptors (Lipinski definition) is 3. The molecule has 0 radical (unpaired) electrons. The van der Waals surface area contributed by atoms with Crippen molar-refractivity contribution >= 4 is 11.8 Å².